The van der Waals surface area contributed by atoms with Gasteiger partial charge in [-0.2, -0.15) is 0 Å². The Balaban J connectivity index is 2.23. The van der Waals surface area contributed by atoms with Crippen LogP contribution >= 0.6 is 0 Å². The third-order valence-electron chi connectivity index (χ3n) is 3.11. The van der Waals surface area contributed by atoms with Crippen molar-refractivity contribution in [3.8, 4) is 5.75 Å². The van der Waals surface area contributed by atoms with Gasteiger partial charge in [-0.1, -0.05) is 0 Å². The van der Waals surface area contributed by atoms with E-state index in [0.717, 1.165) is 29.7 Å². The summed E-state index contributed by atoms with van der Waals surface area (Å²) in [5.74, 6) is -0.248. The van der Waals surface area contributed by atoms with Crippen molar-refractivity contribution in [1.29, 1.82) is 0 Å². The summed E-state index contributed by atoms with van der Waals surface area (Å²) in [5, 5.41) is 2.71. The van der Waals surface area contributed by atoms with Gasteiger partial charge in [-0.05, 0) is 49.9 Å². The molecule has 0 aromatic heterocycles. The van der Waals surface area contributed by atoms with Gasteiger partial charge in [0.05, 0.1) is 7.11 Å². The highest BCUT2D eigenvalue weighted by Gasteiger charge is 2.27. The predicted molar refractivity (Wildman–Crippen MR) is 68.0 cm³/mol. The van der Waals surface area contributed by atoms with E-state index in [1.54, 1.807) is 26.2 Å². The molecule has 1 saturated carbocycles. The molecule has 96 valence electrons. The van der Waals surface area contributed by atoms with Gasteiger partial charge in [0.2, 0.25) is 5.78 Å². The van der Waals surface area contributed by atoms with Crippen LogP contribution in [0, 0.1) is 13.8 Å². The topological polar surface area (TPSA) is 55.4 Å². The summed E-state index contributed by atoms with van der Waals surface area (Å²) in [7, 11) is 1.59. The summed E-state index contributed by atoms with van der Waals surface area (Å²) in [5.41, 5.74) is 2.06. The van der Waals surface area contributed by atoms with Gasteiger partial charge in [0.1, 0.15) is 5.75 Å². The second kappa shape index (κ2) is 4.80. The van der Waals surface area contributed by atoms with Crippen molar-refractivity contribution in [2.45, 2.75) is 32.7 Å². The van der Waals surface area contributed by atoms with E-state index in [1.165, 1.54) is 0 Å². The third-order valence-corrected chi connectivity index (χ3v) is 3.11. The van der Waals surface area contributed by atoms with Crippen LogP contribution in [-0.4, -0.2) is 24.8 Å². The fourth-order valence-corrected chi connectivity index (χ4v) is 1.86. The van der Waals surface area contributed by atoms with Crippen molar-refractivity contribution in [2.24, 2.45) is 0 Å². The average molecular weight is 247 g/mol. The van der Waals surface area contributed by atoms with E-state index >= 15 is 0 Å². The third kappa shape index (κ3) is 2.53. The van der Waals surface area contributed by atoms with Gasteiger partial charge in [0.25, 0.3) is 5.91 Å². The molecule has 4 nitrogen and oxygen atoms in total. The number of rotatable bonds is 4. The highest BCUT2D eigenvalue weighted by atomic mass is 16.5. The van der Waals surface area contributed by atoms with Crippen LogP contribution in [0.15, 0.2) is 12.1 Å². The first-order valence-corrected chi connectivity index (χ1v) is 6.03. The van der Waals surface area contributed by atoms with Crippen LogP contribution in [0.2, 0.25) is 0 Å². The molecule has 1 aliphatic carbocycles. The molecule has 0 atom stereocenters. The highest BCUT2D eigenvalue weighted by molar-refractivity contribution is 6.43. The minimum Gasteiger partial charge on any atom is -0.496 e. The number of carbonyl (C=O) groups excluding carboxylic acids is 2. The minimum atomic E-state index is -0.509. The van der Waals surface area contributed by atoms with Crippen LogP contribution in [0.25, 0.3) is 0 Å². The van der Waals surface area contributed by atoms with E-state index in [2.05, 4.69) is 5.32 Å². The van der Waals surface area contributed by atoms with Crippen molar-refractivity contribution < 1.29 is 14.3 Å². The van der Waals surface area contributed by atoms with Crippen LogP contribution in [0.3, 0.4) is 0 Å². The van der Waals surface area contributed by atoms with Gasteiger partial charge in [-0.15, -0.1) is 0 Å². The fourth-order valence-electron chi connectivity index (χ4n) is 1.86. The number of nitrogens with one attached hydrogen (secondary N) is 1. The molecule has 0 bridgehead atoms. The molecule has 0 aliphatic heterocycles. The summed E-state index contributed by atoms with van der Waals surface area (Å²) in [6, 6.07) is 3.69. The van der Waals surface area contributed by atoms with E-state index in [0.29, 0.717) is 5.56 Å². The Labute approximate surface area is 106 Å². The number of aryl methyl sites for hydroxylation is 2. The fraction of sp³-hybridized carbons (Fsp3) is 0.429. The lowest BCUT2D eigenvalue weighted by Gasteiger charge is -2.10. The summed E-state index contributed by atoms with van der Waals surface area (Å²) in [4.78, 5) is 23.7. The Morgan fingerprint density at radius 3 is 2.44 bits per heavy atom. The molecule has 1 N–H and O–H groups in total. The number of benzene rings is 1. The van der Waals surface area contributed by atoms with E-state index in [4.69, 9.17) is 4.74 Å². The van der Waals surface area contributed by atoms with Gasteiger partial charge in [0.15, 0.2) is 0 Å². The van der Waals surface area contributed by atoms with Crippen LogP contribution < -0.4 is 10.1 Å². The van der Waals surface area contributed by atoms with Crippen LogP contribution in [0.5, 0.6) is 5.75 Å². The number of Topliss-reactive ketones (excluding diaryl/α,β-unsaturated/α-hetero) is 1. The number of hydrogen-bond donors (Lipinski definition) is 1. The molecule has 2 rings (SSSR count). The maximum absolute atomic E-state index is 12.0. The van der Waals surface area contributed by atoms with Gasteiger partial charge in [-0.25, -0.2) is 0 Å². The molecule has 1 fully saturated rings. The Morgan fingerprint density at radius 2 is 1.89 bits per heavy atom. The molecule has 0 unspecified atom stereocenters. The number of methoxy groups -OCH3 is 1. The maximum atomic E-state index is 12.0. The zero-order valence-electron chi connectivity index (χ0n) is 10.9. The molecule has 1 aliphatic rings. The highest BCUT2D eigenvalue weighted by Crippen LogP contribution is 2.23. The summed E-state index contributed by atoms with van der Waals surface area (Å²) < 4.78 is 5.18. The molecule has 1 aromatic rings. The number of ketones is 1. The average Bonchev–Trinajstić information content (AvgIpc) is 3.14. The van der Waals surface area contributed by atoms with E-state index in [1.807, 2.05) is 6.92 Å². The molecular weight excluding hydrogens is 230 g/mol. The van der Waals surface area contributed by atoms with E-state index in [9.17, 15) is 9.59 Å². The van der Waals surface area contributed by atoms with Gasteiger partial charge < -0.3 is 10.1 Å². The first kappa shape index (κ1) is 12.6. The SMILES string of the molecule is COc1cc(C)c(C(=O)C(=O)NC2CC2)cc1C. The minimum absolute atomic E-state index is 0.195. The smallest absolute Gasteiger partial charge is 0.292 e. The molecule has 0 saturated heterocycles. The lowest BCUT2D eigenvalue weighted by molar-refractivity contribution is -0.117. The number of amides is 1. The van der Waals surface area contributed by atoms with Crippen molar-refractivity contribution in [3.63, 3.8) is 0 Å². The van der Waals surface area contributed by atoms with Gasteiger partial charge >= 0.3 is 0 Å². The van der Waals surface area contributed by atoms with Crippen LogP contribution in [0.1, 0.15) is 34.3 Å². The molecule has 0 heterocycles. The zero-order chi connectivity index (χ0) is 13.3. The predicted octanol–water partition coefficient (Wildman–Crippen LogP) is 1.77. The Bertz CT molecular complexity index is 504. The second-order valence-electron chi connectivity index (χ2n) is 4.71. The quantitative estimate of drug-likeness (QED) is 0.651. The molecule has 0 radical (unpaired) electrons. The number of ether oxygens (including phenoxy) is 1. The second-order valence-corrected chi connectivity index (χ2v) is 4.71. The van der Waals surface area contributed by atoms with Crippen molar-refractivity contribution >= 4 is 11.7 Å². The molecule has 1 amide bonds. The van der Waals surface area contributed by atoms with Crippen LogP contribution in [-0.2, 0) is 4.79 Å². The largest absolute Gasteiger partial charge is 0.496 e. The lowest BCUT2D eigenvalue weighted by atomic mass is 10.0. The zero-order valence-corrected chi connectivity index (χ0v) is 10.9. The number of carbonyl (C=O) groups is 2. The summed E-state index contributed by atoms with van der Waals surface area (Å²) in [6.45, 7) is 3.66. The molecule has 0 spiro atoms. The monoisotopic (exact) mass is 247 g/mol. The van der Waals surface area contributed by atoms with Crippen molar-refractivity contribution in [2.75, 3.05) is 7.11 Å². The summed E-state index contributed by atoms with van der Waals surface area (Å²) in [6.07, 6.45) is 1.94. The number of hydrogen-bond acceptors (Lipinski definition) is 3. The van der Waals surface area contributed by atoms with E-state index < -0.39 is 11.7 Å². The maximum Gasteiger partial charge on any atom is 0.292 e. The summed E-state index contributed by atoms with van der Waals surface area (Å²) >= 11 is 0. The molecule has 4 heteroatoms. The van der Waals surface area contributed by atoms with Crippen molar-refractivity contribution in [3.05, 3.63) is 28.8 Å². The Kier molecular flexibility index (Phi) is 3.36. The molecule has 18 heavy (non-hydrogen) atoms. The molecule has 1 aromatic carbocycles. The Hall–Kier alpha value is -1.84. The van der Waals surface area contributed by atoms with Gasteiger partial charge in [0, 0.05) is 11.6 Å². The normalized spacial score (nSPS) is 14.2. The molecular formula is C14H17NO3. The first-order valence-electron chi connectivity index (χ1n) is 6.03. The first-order chi connectivity index (χ1) is 8.52. The lowest BCUT2D eigenvalue weighted by Crippen LogP contribution is -2.33. The Morgan fingerprint density at radius 1 is 1.22 bits per heavy atom. The van der Waals surface area contributed by atoms with Gasteiger partial charge in [-0.3, -0.25) is 9.59 Å². The standard InChI is InChI=1S/C14H17NO3/c1-8-7-12(18-3)9(2)6-11(8)13(16)14(17)15-10-4-5-10/h6-7,10H,4-5H2,1-3H3,(H,15,17). The van der Waals surface area contributed by atoms with Crippen molar-refractivity contribution in [1.82, 2.24) is 5.32 Å². The van der Waals surface area contributed by atoms with E-state index in [-0.39, 0.29) is 6.04 Å². The van der Waals surface area contributed by atoms with Crippen LogP contribution in [0.4, 0.5) is 0 Å².